The Morgan fingerprint density at radius 1 is 1.23 bits per heavy atom. The predicted molar refractivity (Wildman–Crippen MR) is 107 cm³/mol. The molecule has 0 saturated carbocycles. The molecule has 0 radical (unpaired) electrons. The van der Waals surface area contributed by atoms with Gasteiger partial charge in [0.15, 0.2) is 11.5 Å². The smallest absolute Gasteiger partial charge is 0.387 e. The Balaban J connectivity index is 1.75. The Labute approximate surface area is 171 Å². The van der Waals surface area contributed by atoms with Crippen molar-refractivity contribution in [1.29, 1.82) is 0 Å². The van der Waals surface area contributed by atoms with Gasteiger partial charge in [-0.25, -0.2) is 4.98 Å². The first-order valence-corrected chi connectivity index (χ1v) is 9.10. The van der Waals surface area contributed by atoms with Crippen molar-refractivity contribution >= 4 is 16.8 Å². The zero-order valence-corrected chi connectivity index (χ0v) is 16.8. The molecule has 2 aromatic carbocycles. The van der Waals surface area contributed by atoms with E-state index < -0.39 is 6.61 Å². The van der Waals surface area contributed by atoms with Crippen molar-refractivity contribution in [2.24, 2.45) is 0 Å². The molecule has 0 aliphatic heterocycles. The van der Waals surface area contributed by atoms with Crippen LogP contribution in [0.3, 0.4) is 0 Å². The number of fused-ring (bicyclic) bond motifs is 1. The van der Waals surface area contributed by atoms with E-state index in [4.69, 9.17) is 4.74 Å². The number of aromatic nitrogens is 2. The quantitative estimate of drug-likeness (QED) is 0.591. The number of methoxy groups -OCH3 is 1. The Morgan fingerprint density at radius 3 is 2.70 bits per heavy atom. The van der Waals surface area contributed by atoms with E-state index in [0.717, 1.165) is 5.56 Å². The van der Waals surface area contributed by atoms with Gasteiger partial charge in [-0.1, -0.05) is 18.2 Å². The summed E-state index contributed by atoms with van der Waals surface area (Å²) in [5, 5.41) is 0.451. The van der Waals surface area contributed by atoms with E-state index in [1.165, 1.54) is 35.0 Å². The third-order valence-electron chi connectivity index (χ3n) is 4.65. The summed E-state index contributed by atoms with van der Waals surface area (Å²) in [6.07, 6.45) is 1.36. The second-order valence-corrected chi connectivity index (χ2v) is 6.76. The third kappa shape index (κ3) is 4.56. The molecule has 0 unspecified atom stereocenters. The first-order chi connectivity index (χ1) is 14.3. The molecule has 7 nitrogen and oxygen atoms in total. The molecule has 0 atom stereocenters. The average molecular weight is 417 g/mol. The number of benzene rings is 2. The first kappa shape index (κ1) is 21.2. The summed E-state index contributed by atoms with van der Waals surface area (Å²) < 4.78 is 35.6. The molecule has 30 heavy (non-hydrogen) atoms. The van der Waals surface area contributed by atoms with Crippen LogP contribution < -0.4 is 15.0 Å². The van der Waals surface area contributed by atoms with Crippen LogP contribution in [0, 0.1) is 6.92 Å². The van der Waals surface area contributed by atoms with Crippen molar-refractivity contribution in [3.8, 4) is 11.5 Å². The number of rotatable bonds is 7. The van der Waals surface area contributed by atoms with Crippen molar-refractivity contribution in [3.63, 3.8) is 0 Å². The monoisotopic (exact) mass is 417 g/mol. The van der Waals surface area contributed by atoms with Gasteiger partial charge < -0.3 is 14.4 Å². The maximum absolute atomic E-state index is 12.7. The fourth-order valence-corrected chi connectivity index (χ4v) is 3.08. The maximum atomic E-state index is 12.7. The van der Waals surface area contributed by atoms with Gasteiger partial charge in [0.25, 0.3) is 5.56 Å². The van der Waals surface area contributed by atoms with Crippen molar-refractivity contribution in [2.75, 3.05) is 14.2 Å². The molecule has 0 saturated heterocycles. The van der Waals surface area contributed by atoms with E-state index in [9.17, 15) is 18.4 Å². The van der Waals surface area contributed by atoms with Crippen LogP contribution >= 0.6 is 0 Å². The SMILES string of the molecule is COc1cc(CN(C)C(=O)Cn2cnc3c(C)cccc3c2=O)ccc1OC(F)F. The van der Waals surface area contributed by atoms with Crippen molar-refractivity contribution in [1.82, 2.24) is 14.5 Å². The number of hydrogen-bond donors (Lipinski definition) is 0. The van der Waals surface area contributed by atoms with Crippen LogP contribution in [-0.2, 0) is 17.9 Å². The Hall–Kier alpha value is -3.49. The van der Waals surface area contributed by atoms with Gasteiger partial charge in [-0.3, -0.25) is 14.2 Å². The second-order valence-electron chi connectivity index (χ2n) is 6.76. The number of likely N-dealkylation sites (N-methyl/N-ethyl adjacent to an activating group) is 1. The van der Waals surface area contributed by atoms with Crippen LogP contribution in [0.15, 0.2) is 47.5 Å². The lowest BCUT2D eigenvalue weighted by Gasteiger charge is -2.19. The van der Waals surface area contributed by atoms with Crippen molar-refractivity contribution < 1.29 is 23.0 Å². The number of aryl methyl sites for hydroxylation is 1. The number of carbonyl (C=O) groups is 1. The molecule has 0 N–H and O–H groups in total. The number of halogens is 2. The van der Waals surface area contributed by atoms with E-state index >= 15 is 0 Å². The lowest BCUT2D eigenvalue weighted by atomic mass is 10.1. The summed E-state index contributed by atoms with van der Waals surface area (Å²) in [5.41, 5.74) is 1.86. The Kier molecular flexibility index (Phi) is 6.29. The topological polar surface area (TPSA) is 73.7 Å². The zero-order valence-electron chi connectivity index (χ0n) is 16.8. The van der Waals surface area contributed by atoms with Crippen LogP contribution in [-0.4, -0.2) is 41.1 Å². The summed E-state index contributed by atoms with van der Waals surface area (Å²) in [6, 6.07) is 9.76. The molecule has 9 heteroatoms. The van der Waals surface area contributed by atoms with Gasteiger partial charge in [0, 0.05) is 13.6 Å². The fourth-order valence-electron chi connectivity index (χ4n) is 3.08. The van der Waals surface area contributed by atoms with Gasteiger partial charge >= 0.3 is 6.61 Å². The first-order valence-electron chi connectivity index (χ1n) is 9.10. The summed E-state index contributed by atoms with van der Waals surface area (Å²) >= 11 is 0. The number of carbonyl (C=O) groups excluding carboxylic acids is 1. The Bertz CT molecular complexity index is 1130. The molecule has 1 amide bonds. The molecule has 1 heterocycles. The normalized spacial score (nSPS) is 11.0. The Morgan fingerprint density at radius 2 is 2.00 bits per heavy atom. The largest absolute Gasteiger partial charge is 0.493 e. The molecule has 3 aromatic rings. The fraction of sp³-hybridized carbons (Fsp3) is 0.286. The number of hydrogen-bond acceptors (Lipinski definition) is 5. The summed E-state index contributed by atoms with van der Waals surface area (Å²) in [5.74, 6) is -0.258. The van der Waals surface area contributed by atoms with Crippen molar-refractivity contribution in [2.45, 2.75) is 26.6 Å². The third-order valence-corrected chi connectivity index (χ3v) is 4.65. The van der Waals surface area contributed by atoms with Crippen LogP contribution in [0.4, 0.5) is 8.78 Å². The highest BCUT2D eigenvalue weighted by molar-refractivity contribution is 5.81. The molecular formula is C21H21F2N3O4. The highest BCUT2D eigenvalue weighted by Gasteiger charge is 2.15. The minimum Gasteiger partial charge on any atom is -0.493 e. The summed E-state index contributed by atoms with van der Waals surface area (Å²) in [7, 11) is 2.93. The number of ether oxygens (including phenoxy) is 2. The number of para-hydroxylation sites is 1. The molecule has 0 aliphatic rings. The van der Waals surface area contributed by atoms with Gasteiger partial charge in [0.1, 0.15) is 6.54 Å². The predicted octanol–water partition coefficient (Wildman–Crippen LogP) is 2.97. The van der Waals surface area contributed by atoms with Gasteiger partial charge in [-0.2, -0.15) is 8.78 Å². The number of amides is 1. The van der Waals surface area contributed by atoms with E-state index in [2.05, 4.69) is 9.72 Å². The molecule has 0 fully saturated rings. The summed E-state index contributed by atoms with van der Waals surface area (Å²) in [4.78, 5) is 31.0. The molecule has 0 aliphatic carbocycles. The minimum absolute atomic E-state index is 0.0886. The van der Waals surface area contributed by atoms with E-state index in [0.29, 0.717) is 16.5 Å². The molecule has 0 bridgehead atoms. The number of alkyl halides is 2. The molecule has 3 rings (SSSR count). The van der Waals surface area contributed by atoms with Gasteiger partial charge in [0.2, 0.25) is 5.91 Å². The minimum atomic E-state index is -2.97. The molecular weight excluding hydrogens is 396 g/mol. The maximum Gasteiger partial charge on any atom is 0.387 e. The lowest BCUT2D eigenvalue weighted by molar-refractivity contribution is -0.131. The van der Waals surface area contributed by atoms with Gasteiger partial charge in [-0.05, 0) is 36.2 Å². The average Bonchev–Trinajstić information content (AvgIpc) is 2.71. The van der Waals surface area contributed by atoms with Crippen molar-refractivity contribution in [3.05, 3.63) is 64.2 Å². The highest BCUT2D eigenvalue weighted by atomic mass is 19.3. The van der Waals surface area contributed by atoms with Crippen LogP contribution in [0.1, 0.15) is 11.1 Å². The number of nitrogens with zero attached hydrogens (tertiary/aromatic N) is 3. The van der Waals surface area contributed by atoms with E-state index in [1.807, 2.05) is 13.0 Å². The van der Waals surface area contributed by atoms with Crippen LogP contribution in [0.25, 0.3) is 10.9 Å². The van der Waals surface area contributed by atoms with Gasteiger partial charge in [-0.15, -0.1) is 0 Å². The van der Waals surface area contributed by atoms with Gasteiger partial charge in [0.05, 0.1) is 24.3 Å². The lowest BCUT2D eigenvalue weighted by Crippen LogP contribution is -2.33. The zero-order chi connectivity index (χ0) is 21.8. The van der Waals surface area contributed by atoms with Crippen LogP contribution in [0.2, 0.25) is 0 Å². The standard InChI is InChI=1S/C21H21F2N3O4/c1-13-5-4-6-15-19(13)24-12-26(20(15)28)11-18(27)25(2)10-14-7-8-16(30-21(22)23)17(9-14)29-3/h4-9,12,21H,10-11H2,1-3H3. The highest BCUT2D eigenvalue weighted by Crippen LogP contribution is 2.29. The molecule has 158 valence electrons. The second kappa shape index (κ2) is 8.89. The van der Waals surface area contributed by atoms with E-state index in [-0.39, 0.29) is 36.1 Å². The summed E-state index contributed by atoms with van der Waals surface area (Å²) in [6.45, 7) is -1.08. The molecule has 0 spiro atoms. The van der Waals surface area contributed by atoms with Crippen LogP contribution in [0.5, 0.6) is 11.5 Å². The van der Waals surface area contributed by atoms with E-state index in [1.54, 1.807) is 25.2 Å². The molecule has 1 aromatic heterocycles.